The predicted octanol–water partition coefficient (Wildman–Crippen LogP) is 2.26. The van der Waals surface area contributed by atoms with E-state index in [1.165, 1.54) is 32.0 Å². The first kappa shape index (κ1) is 20.6. The van der Waals surface area contributed by atoms with E-state index in [2.05, 4.69) is 17.1 Å². The van der Waals surface area contributed by atoms with Crippen LogP contribution in [0.5, 0.6) is 0 Å². The zero-order chi connectivity index (χ0) is 18.4. The predicted molar refractivity (Wildman–Crippen MR) is 102 cm³/mol. The summed E-state index contributed by atoms with van der Waals surface area (Å²) >= 11 is 6.77. The van der Waals surface area contributed by atoms with Crippen LogP contribution in [0.3, 0.4) is 0 Å². The molecule has 0 radical (unpaired) electrons. The SMILES string of the molecule is CC1CCN(CCCNC(=O)CN(C)S(=O)(=O)c2ccc(Cl)s2)CC1. The van der Waals surface area contributed by atoms with Crippen LogP contribution in [0.2, 0.25) is 4.34 Å². The fraction of sp³-hybridized carbons (Fsp3) is 0.688. The number of carbonyl (C=O) groups excluding carboxylic acids is 1. The molecule has 0 atom stereocenters. The van der Waals surface area contributed by atoms with E-state index in [1.807, 2.05) is 0 Å². The Balaban J connectivity index is 1.69. The lowest BCUT2D eigenvalue weighted by Crippen LogP contribution is -2.39. The third kappa shape index (κ3) is 6.21. The van der Waals surface area contributed by atoms with Crippen molar-refractivity contribution >= 4 is 38.9 Å². The van der Waals surface area contributed by atoms with Gasteiger partial charge in [-0.2, -0.15) is 4.31 Å². The van der Waals surface area contributed by atoms with Gasteiger partial charge in [-0.3, -0.25) is 4.79 Å². The molecule has 0 spiro atoms. The Morgan fingerprint density at radius 3 is 2.68 bits per heavy atom. The van der Waals surface area contributed by atoms with E-state index >= 15 is 0 Å². The van der Waals surface area contributed by atoms with Crippen LogP contribution in [0.15, 0.2) is 16.3 Å². The van der Waals surface area contributed by atoms with E-state index in [9.17, 15) is 13.2 Å². The van der Waals surface area contributed by atoms with Crippen molar-refractivity contribution in [1.29, 1.82) is 0 Å². The number of piperidine rings is 1. The van der Waals surface area contributed by atoms with Gasteiger partial charge >= 0.3 is 0 Å². The van der Waals surface area contributed by atoms with Crippen molar-refractivity contribution in [3.63, 3.8) is 0 Å². The minimum absolute atomic E-state index is 0.145. The van der Waals surface area contributed by atoms with E-state index < -0.39 is 10.0 Å². The molecule has 142 valence electrons. The highest BCUT2D eigenvalue weighted by Crippen LogP contribution is 2.27. The molecule has 1 aromatic heterocycles. The van der Waals surface area contributed by atoms with Crippen LogP contribution in [-0.2, 0) is 14.8 Å². The number of thiophene rings is 1. The normalized spacial score (nSPS) is 17.1. The number of amides is 1. The summed E-state index contributed by atoms with van der Waals surface area (Å²) in [6.45, 7) is 5.86. The highest BCUT2D eigenvalue weighted by atomic mass is 35.5. The van der Waals surface area contributed by atoms with Crippen LogP contribution in [0.4, 0.5) is 0 Å². The Bertz CT molecular complexity index is 670. The van der Waals surface area contributed by atoms with Crippen LogP contribution >= 0.6 is 22.9 Å². The average molecular weight is 408 g/mol. The van der Waals surface area contributed by atoms with Crippen LogP contribution in [0, 0.1) is 5.92 Å². The molecule has 1 amide bonds. The molecular weight excluding hydrogens is 382 g/mol. The van der Waals surface area contributed by atoms with Gasteiger partial charge in [0.1, 0.15) is 4.21 Å². The first-order valence-electron chi connectivity index (χ1n) is 8.50. The molecule has 0 aromatic carbocycles. The van der Waals surface area contributed by atoms with Crippen LogP contribution < -0.4 is 5.32 Å². The van der Waals surface area contributed by atoms with Crippen molar-refractivity contribution < 1.29 is 13.2 Å². The maximum absolute atomic E-state index is 12.3. The van der Waals surface area contributed by atoms with Gasteiger partial charge in [0, 0.05) is 13.6 Å². The van der Waals surface area contributed by atoms with E-state index in [4.69, 9.17) is 11.6 Å². The Hall–Kier alpha value is -0.670. The summed E-state index contributed by atoms with van der Waals surface area (Å²) in [6.07, 6.45) is 3.35. The lowest BCUT2D eigenvalue weighted by Gasteiger charge is -2.30. The molecular formula is C16H26ClN3O3S2. The molecule has 1 N–H and O–H groups in total. The fourth-order valence-electron chi connectivity index (χ4n) is 2.75. The van der Waals surface area contributed by atoms with Gasteiger partial charge in [0.25, 0.3) is 10.0 Å². The van der Waals surface area contributed by atoms with Gasteiger partial charge < -0.3 is 10.2 Å². The monoisotopic (exact) mass is 407 g/mol. The second kappa shape index (κ2) is 9.32. The molecule has 2 rings (SSSR count). The highest BCUT2D eigenvalue weighted by molar-refractivity contribution is 7.91. The van der Waals surface area contributed by atoms with Crippen LogP contribution in [0.25, 0.3) is 0 Å². The lowest BCUT2D eigenvalue weighted by atomic mass is 9.99. The number of likely N-dealkylation sites (tertiary alicyclic amines) is 1. The molecule has 25 heavy (non-hydrogen) atoms. The van der Waals surface area contributed by atoms with E-state index in [-0.39, 0.29) is 16.7 Å². The van der Waals surface area contributed by atoms with Gasteiger partial charge in [0.2, 0.25) is 5.91 Å². The summed E-state index contributed by atoms with van der Waals surface area (Å²) in [5.41, 5.74) is 0. The standard InChI is InChI=1S/C16H26ClN3O3S2/c1-13-6-10-20(11-7-13)9-3-8-18-15(21)12-19(2)25(22,23)16-5-4-14(17)24-16/h4-5,13H,3,6-12H2,1-2H3,(H,18,21). The van der Waals surface area contributed by atoms with Crippen molar-refractivity contribution in [2.45, 2.75) is 30.4 Å². The van der Waals surface area contributed by atoms with Crippen molar-refractivity contribution in [2.24, 2.45) is 5.92 Å². The maximum Gasteiger partial charge on any atom is 0.252 e. The molecule has 1 aliphatic rings. The van der Waals surface area contributed by atoms with Gasteiger partial charge in [-0.05, 0) is 56.9 Å². The van der Waals surface area contributed by atoms with Gasteiger partial charge in [0.15, 0.2) is 0 Å². The summed E-state index contributed by atoms with van der Waals surface area (Å²) < 4.78 is 26.3. The molecule has 1 aromatic rings. The number of hydrogen-bond acceptors (Lipinski definition) is 5. The number of hydrogen-bond donors (Lipinski definition) is 1. The smallest absolute Gasteiger partial charge is 0.252 e. The molecule has 0 aliphatic carbocycles. The Kier molecular flexibility index (Phi) is 7.69. The topological polar surface area (TPSA) is 69.7 Å². The molecule has 6 nitrogen and oxygen atoms in total. The highest BCUT2D eigenvalue weighted by Gasteiger charge is 2.24. The van der Waals surface area contributed by atoms with Crippen molar-refractivity contribution in [2.75, 3.05) is 39.8 Å². The summed E-state index contributed by atoms with van der Waals surface area (Å²) in [7, 11) is -2.27. The number of rotatable bonds is 8. The number of likely N-dealkylation sites (N-methyl/N-ethyl adjacent to an activating group) is 1. The fourth-order valence-corrected chi connectivity index (χ4v) is 5.57. The van der Waals surface area contributed by atoms with Crippen molar-refractivity contribution in [1.82, 2.24) is 14.5 Å². The van der Waals surface area contributed by atoms with Gasteiger partial charge in [0.05, 0.1) is 10.9 Å². The molecule has 0 saturated carbocycles. The Morgan fingerprint density at radius 2 is 2.08 bits per heavy atom. The average Bonchev–Trinajstić information content (AvgIpc) is 3.00. The molecule has 2 heterocycles. The minimum Gasteiger partial charge on any atom is -0.355 e. The summed E-state index contributed by atoms with van der Waals surface area (Å²) in [5, 5.41) is 2.80. The largest absolute Gasteiger partial charge is 0.355 e. The number of sulfonamides is 1. The first-order valence-corrected chi connectivity index (χ1v) is 11.1. The summed E-state index contributed by atoms with van der Waals surface area (Å²) in [5.74, 6) is 0.521. The number of nitrogens with one attached hydrogen (secondary N) is 1. The molecule has 0 unspecified atom stereocenters. The molecule has 9 heteroatoms. The molecule has 0 bridgehead atoms. The minimum atomic E-state index is -3.67. The van der Waals surface area contributed by atoms with Crippen LogP contribution in [-0.4, -0.2) is 63.3 Å². The summed E-state index contributed by atoms with van der Waals surface area (Å²) in [6, 6.07) is 2.99. The van der Waals surface area contributed by atoms with Gasteiger partial charge in [-0.25, -0.2) is 8.42 Å². The number of nitrogens with zero attached hydrogens (tertiary/aromatic N) is 2. The zero-order valence-corrected chi connectivity index (χ0v) is 17.1. The molecule has 1 aliphatic heterocycles. The van der Waals surface area contributed by atoms with E-state index in [0.29, 0.717) is 10.9 Å². The van der Waals surface area contributed by atoms with Crippen LogP contribution in [0.1, 0.15) is 26.2 Å². The third-order valence-electron chi connectivity index (χ3n) is 4.43. The van der Waals surface area contributed by atoms with Gasteiger partial charge in [-0.15, -0.1) is 11.3 Å². The second-order valence-electron chi connectivity index (χ2n) is 6.55. The zero-order valence-electron chi connectivity index (χ0n) is 14.7. The first-order chi connectivity index (χ1) is 11.8. The van der Waals surface area contributed by atoms with Crippen molar-refractivity contribution in [3.05, 3.63) is 16.5 Å². The van der Waals surface area contributed by atoms with E-state index in [1.54, 1.807) is 0 Å². The third-order valence-corrected chi connectivity index (χ3v) is 7.93. The summed E-state index contributed by atoms with van der Waals surface area (Å²) in [4.78, 5) is 14.4. The number of halogens is 1. The molecule has 1 saturated heterocycles. The number of carbonyl (C=O) groups is 1. The second-order valence-corrected chi connectivity index (χ2v) is 10.5. The van der Waals surface area contributed by atoms with Gasteiger partial charge in [-0.1, -0.05) is 18.5 Å². The Labute approximate surface area is 159 Å². The Morgan fingerprint density at radius 1 is 1.40 bits per heavy atom. The quantitative estimate of drug-likeness (QED) is 0.671. The molecule has 1 fully saturated rings. The van der Waals surface area contributed by atoms with E-state index in [0.717, 1.165) is 47.6 Å². The van der Waals surface area contributed by atoms with Crippen molar-refractivity contribution in [3.8, 4) is 0 Å². The lowest BCUT2D eigenvalue weighted by molar-refractivity contribution is -0.121. The maximum atomic E-state index is 12.3.